The number of Topliss-reactive ketones (excluding diaryl/α,β-unsaturated/α-hetero) is 1. The largest absolute Gasteiger partial charge is 0.507 e. The van der Waals surface area contributed by atoms with Gasteiger partial charge in [-0.25, -0.2) is 0 Å². The number of amides is 1. The summed E-state index contributed by atoms with van der Waals surface area (Å²) in [6.45, 7) is 3.99. The van der Waals surface area contributed by atoms with Gasteiger partial charge < -0.3 is 9.84 Å². The topological polar surface area (TPSA) is 83.9 Å². The van der Waals surface area contributed by atoms with Gasteiger partial charge in [0.1, 0.15) is 5.76 Å². The van der Waals surface area contributed by atoms with Crippen LogP contribution in [0.2, 0.25) is 0 Å². The predicted octanol–water partition coefficient (Wildman–Crippen LogP) is 5.88. The first-order valence-electron chi connectivity index (χ1n) is 12.5. The fourth-order valence-electron chi connectivity index (χ4n) is 4.90. The van der Waals surface area contributed by atoms with Gasteiger partial charge in [-0.1, -0.05) is 78.4 Å². The second-order valence-corrected chi connectivity index (χ2v) is 9.29. The van der Waals surface area contributed by atoms with Gasteiger partial charge in [-0.05, 0) is 53.9 Å². The number of esters is 1. The van der Waals surface area contributed by atoms with Crippen molar-refractivity contribution in [1.29, 1.82) is 0 Å². The van der Waals surface area contributed by atoms with Crippen LogP contribution < -0.4 is 4.90 Å². The zero-order valence-corrected chi connectivity index (χ0v) is 21.2. The van der Waals surface area contributed by atoms with Gasteiger partial charge in [0.05, 0.1) is 24.6 Å². The first-order chi connectivity index (χ1) is 18.4. The average molecular weight is 506 g/mol. The number of ether oxygens (including phenoxy) is 1. The number of fused-ring (bicyclic) bond motifs is 1. The Bertz CT molecular complexity index is 1590. The van der Waals surface area contributed by atoms with Gasteiger partial charge in [0, 0.05) is 11.3 Å². The van der Waals surface area contributed by atoms with E-state index in [1.807, 2.05) is 67.6 Å². The summed E-state index contributed by atoms with van der Waals surface area (Å²) >= 11 is 0. The minimum Gasteiger partial charge on any atom is -0.507 e. The molecule has 6 nitrogen and oxygen atoms in total. The SMILES string of the molecule is CCOC(=O)Cc1ccc(N2C(=O)C(=O)/C(=C(\O)c3ccc4ccccc4c3)C2c2cccc(C)c2)cc1. The van der Waals surface area contributed by atoms with E-state index in [1.54, 1.807) is 37.3 Å². The van der Waals surface area contributed by atoms with Crippen molar-refractivity contribution in [3.8, 4) is 0 Å². The Balaban J connectivity index is 1.62. The fourth-order valence-corrected chi connectivity index (χ4v) is 4.90. The molecular weight excluding hydrogens is 478 g/mol. The molecule has 1 saturated heterocycles. The molecule has 1 unspecified atom stereocenters. The molecule has 4 aromatic carbocycles. The van der Waals surface area contributed by atoms with Crippen molar-refractivity contribution in [3.05, 3.63) is 119 Å². The van der Waals surface area contributed by atoms with Gasteiger partial charge in [0.25, 0.3) is 11.7 Å². The van der Waals surface area contributed by atoms with Crippen LogP contribution in [0.4, 0.5) is 5.69 Å². The number of hydrogen-bond donors (Lipinski definition) is 1. The number of aliphatic hydroxyl groups excluding tert-OH is 1. The number of aliphatic hydroxyl groups is 1. The van der Waals surface area contributed by atoms with Crippen molar-refractivity contribution in [3.63, 3.8) is 0 Å². The van der Waals surface area contributed by atoms with Crippen molar-refractivity contribution in [2.24, 2.45) is 0 Å². The second kappa shape index (κ2) is 10.3. The minimum atomic E-state index is -0.822. The normalized spacial score (nSPS) is 16.7. The summed E-state index contributed by atoms with van der Waals surface area (Å²) in [4.78, 5) is 40.2. The number of nitrogens with zero attached hydrogens (tertiary/aromatic N) is 1. The van der Waals surface area contributed by atoms with Crippen LogP contribution in [0.25, 0.3) is 16.5 Å². The van der Waals surface area contributed by atoms with E-state index in [0.717, 1.165) is 21.9 Å². The van der Waals surface area contributed by atoms with Crippen molar-refractivity contribution < 1.29 is 24.2 Å². The third-order valence-corrected chi connectivity index (χ3v) is 6.69. The lowest BCUT2D eigenvalue weighted by molar-refractivity contribution is -0.142. The van der Waals surface area contributed by atoms with Crippen LogP contribution in [-0.4, -0.2) is 29.4 Å². The molecule has 6 heteroatoms. The van der Waals surface area contributed by atoms with E-state index >= 15 is 0 Å². The van der Waals surface area contributed by atoms with E-state index in [9.17, 15) is 19.5 Å². The highest BCUT2D eigenvalue weighted by molar-refractivity contribution is 6.51. The summed E-state index contributed by atoms with van der Waals surface area (Å²) in [5.74, 6) is -2.03. The van der Waals surface area contributed by atoms with Crippen LogP contribution in [0.5, 0.6) is 0 Å². The number of hydrogen-bond acceptors (Lipinski definition) is 5. The maximum absolute atomic E-state index is 13.5. The van der Waals surface area contributed by atoms with Gasteiger partial charge in [-0.15, -0.1) is 0 Å². The first kappa shape index (κ1) is 25.0. The molecule has 0 spiro atoms. The highest BCUT2D eigenvalue weighted by Gasteiger charge is 2.47. The van der Waals surface area contributed by atoms with Crippen molar-refractivity contribution in [2.75, 3.05) is 11.5 Å². The van der Waals surface area contributed by atoms with Gasteiger partial charge >= 0.3 is 5.97 Å². The lowest BCUT2D eigenvalue weighted by Gasteiger charge is -2.26. The monoisotopic (exact) mass is 505 g/mol. The Morgan fingerprint density at radius 1 is 0.895 bits per heavy atom. The maximum Gasteiger partial charge on any atom is 0.310 e. The summed E-state index contributed by atoms with van der Waals surface area (Å²) in [6.07, 6.45) is 0.107. The molecule has 0 bridgehead atoms. The average Bonchev–Trinajstić information content (AvgIpc) is 3.18. The number of benzene rings is 4. The third-order valence-electron chi connectivity index (χ3n) is 6.69. The van der Waals surface area contributed by atoms with Crippen molar-refractivity contribution in [1.82, 2.24) is 0 Å². The zero-order valence-electron chi connectivity index (χ0n) is 21.2. The molecule has 1 amide bonds. The quantitative estimate of drug-likeness (QED) is 0.153. The molecule has 4 aromatic rings. The summed E-state index contributed by atoms with van der Waals surface area (Å²) in [5.41, 5.74) is 3.39. The molecule has 1 aliphatic heterocycles. The van der Waals surface area contributed by atoms with E-state index in [-0.39, 0.29) is 23.7 Å². The predicted molar refractivity (Wildman–Crippen MR) is 147 cm³/mol. The maximum atomic E-state index is 13.5. The van der Waals surface area contributed by atoms with E-state index < -0.39 is 17.7 Å². The molecule has 0 aromatic heterocycles. The van der Waals surface area contributed by atoms with Gasteiger partial charge in [0.2, 0.25) is 0 Å². The Kier molecular flexibility index (Phi) is 6.79. The molecule has 1 N–H and O–H groups in total. The van der Waals surface area contributed by atoms with E-state index in [4.69, 9.17) is 4.74 Å². The van der Waals surface area contributed by atoms with Crippen molar-refractivity contribution in [2.45, 2.75) is 26.3 Å². The number of carbonyl (C=O) groups is 3. The fraction of sp³-hybridized carbons (Fsp3) is 0.156. The molecular formula is C32H27NO5. The standard InChI is InChI=1S/C32H27NO5/c1-3-38-27(34)18-21-11-15-26(16-12-21)33-29(24-10-6-7-20(2)17-24)28(31(36)32(33)37)30(35)25-14-13-22-8-4-5-9-23(22)19-25/h4-17,19,29,35H,3,18H2,1-2H3/b30-28-. The molecule has 1 aliphatic rings. The molecule has 190 valence electrons. The lowest BCUT2D eigenvalue weighted by Crippen LogP contribution is -2.29. The van der Waals surface area contributed by atoms with E-state index in [2.05, 4.69) is 0 Å². The van der Waals surface area contributed by atoms with Crippen LogP contribution >= 0.6 is 0 Å². The molecule has 0 saturated carbocycles. The zero-order chi connectivity index (χ0) is 26.8. The van der Waals surface area contributed by atoms with Gasteiger partial charge in [-0.2, -0.15) is 0 Å². The van der Waals surface area contributed by atoms with Crippen LogP contribution in [-0.2, 0) is 25.5 Å². The molecule has 0 radical (unpaired) electrons. The van der Waals surface area contributed by atoms with E-state index in [1.165, 1.54) is 4.90 Å². The molecule has 1 heterocycles. The molecule has 38 heavy (non-hydrogen) atoms. The van der Waals surface area contributed by atoms with Crippen LogP contribution in [0, 0.1) is 6.92 Å². The number of rotatable bonds is 6. The number of ketones is 1. The first-order valence-corrected chi connectivity index (χ1v) is 12.5. The van der Waals surface area contributed by atoms with E-state index in [0.29, 0.717) is 23.4 Å². The Labute approximate surface area is 220 Å². The number of anilines is 1. The highest BCUT2D eigenvalue weighted by atomic mass is 16.5. The molecule has 0 aliphatic carbocycles. The number of aryl methyl sites for hydroxylation is 1. The Morgan fingerprint density at radius 2 is 1.63 bits per heavy atom. The lowest BCUT2D eigenvalue weighted by atomic mass is 9.93. The second-order valence-electron chi connectivity index (χ2n) is 9.29. The van der Waals surface area contributed by atoms with Crippen molar-refractivity contribution >= 4 is 39.9 Å². The summed E-state index contributed by atoms with van der Waals surface area (Å²) in [5, 5.41) is 13.4. The van der Waals surface area contributed by atoms with Gasteiger partial charge in [0.15, 0.2) is 0 Å². The molecule has 5 rings (SSSR count). The summed E-state index contributed by atoms with van der Waals surface area (Å²) in [6, 6.07) is 26.8. The molecule has 1 fully saturated rings. The van der Waals surface area contributed by atoms with Gasteiger partial charge in [-0.3, -0.25) is 19.3 Å². The minimum absolute atomic E-state index is 0.0338. The van der Waals surface area contributed by atoms with Crippen LogP contribution in [0.15, 0.2) is 96.6 Å². The van der Waals surface area contributed by atoms with Crippen LogP contribution in [0.1, 0.15) is 35.2 Å². The molecule has 1 atom stereocenters. The smallest absolute Gasteiger partial charge is 0.310 e. The Morgan fingerprint density at radius 3 is 2.34 bits per heavy atom. The highest BCUT2D eigenvalue weighted by Crippen LogP contribution is 2.42. The van der Waals surface area contributed by atoms with Crippen LogP contribution in [0.3, 0.4) is 0 Å². The number of carbonyl (C=O) groups excluding carboxylic acids is 3. The summed E-state index contributed by atoms with van der Waals surface area (Å²) in [7, 11) is 0. The third kappa shape index (κ3) is 4.68. The summed E-state index contributed by atoms with van der Waals surface area (Å²) < 4.78 is 5.02. The Hall–Kier alpha value is -4.71.